The topological polar surface area (TPSA) is 104 Å². The Kier molecular flexibility index (Phi) is 5.24. The number of aromatic carboxylic acids is 1. The maximum Gasteiger partial charge on any atom is 0.335 e. The van der Waals surface area contributed by atoms with E-state index in [0.717, 1.165) is 16.6 Å². The normalized spacial score (nSPS) is 11.5. The van der Waals surface area contributed by atoms with Crippen molar-refractivity contribution in [2.24, 2.45) is 5.10 Å². The average molecular weight is 413 g/mol. The molecule has 4 aromatic rings. The van der Waals surface area contributed by atoms with Crippen LogP contribution in [0.4, 0.5) is 0 Å². The lowest BCUT2D eigenvalue weighted by Gasteiger charge is -2.07. The second kappa shape index (κ2) is 8.16. The molecule has 0 atom stereocenters. The van der Waals surface area contributed by atoms with Crippen molar-refractivity contribution in [1.29, 1.82) is 0 Å². The number of carboxylic acid groups (broad SMARTS) is 1. The van der Waals surface area contributed by atoms with Crippen LogP contribution in [0.1, 0.15) is 33.2 Å². The lowest BCUT2D eigenvalue weighted by atomic mass is 10.1. The lowest BCUT2D eigenvalue weighted by Crippen LogP contribution is -2.19. The molecule has 154 valence electrons. The molecule has 0 aliphatic carbocycles. The molecule has 0 spiro atoms. The van der Waals surface area contributed by atoms with Crippen LogP contribution >= 0.6 is 0 Å². The number of fused-ring (bicyclic) bond motifs is 1. The van der Waals surface area contributed by atoms with Crippen LogP contribution in [0, 0.1) is 0 Å². The van der Waals surface area contributed by atoms with E-state index in [1.165, 1.54) is 24.3 Å². The minimum absolute atomic E-state index is 0.00998. The number of aromatic hydroxyl groups is 1. The van der Waals surface area contributed by atoms with Gasteiger partial charge in [0.25, 0.3) is 5.91 Å². The van der Waals surface area contributed by atoms with Crippen LogP contribution in [0.5, 0.6) is 5.88 Å². The first kappa shape index (κ1) is 19.9. The minimum atomic E-state index is -1.12. The number of amides is 1. The molecule has 1 heterocycles. The van der Waals surface area contributed by atoms with E-state index in [-0.39, 0.29) is 17.0 Å². The monoisotopic (exact) mass is 413 g/mol. The molecular formula is C24H19N3O4. The van der Waals surface area contributed by atoms with Crippen molar-refractivity contribution in [2.75, 3.05) is 0 Å². The summed E-state index contributed by atoms with van der Waals surface area (Å²) in [4.78, 5) is 23.6. The quantitative estimate of drug-likeness (QED) is 0.337. The number of hydrazone groups is 1. The zero-order chi connectivity index (χ0) is 22.0. The number of hydrogen-bond acceptors (Lipinski definition) is 4. The third-order valence-corrected chi connectivity index (χ3v) is 4.92. The highest BCUT2D eigenvalue weighted by Crippen LogP contribution is 2.34. The van der Waals surface area contributed by atoms with Crippen LogP contribution < -0.4 is 5.43 Å². The summed E-state index contributed by atoms with van der Waals surface area (Å²) in [5.41, 5.74) is 5.13. The van der Waals surface area contributed by atoms with Gasteiger partial charge in [-0.2, -0.15) is 5.10 Å². The number of hydrogen-bond donors (Lipinski definition) is 3. The first-order valence-corrected chi connectivity index (χ1v) is 9.53. The standard InChI is InChI=1S/C24H19N3O4/c1-15(25-26-22(28)16-8-7-9-17(14-16)24(30)31)21-19-12-5-6-13-20(19)27(23(21)29)18-10-3-2-4-11-18/h2-14,29H,1H3,(H,26,28)(H,30,31)/b25-15+. The number of nitrogens with one attached hydrogen (secondary N) is 1. The van der Waals surface area contributed by atoms with Crippen molar-refractivity contribution in [3.63, 3.8) is 0 Å². The van der Waals surface area contributed by atoms with Crippen molar-refractivity contribution in [3.8, 4) is 11.6 Å². The second-order valence-electron chi connectivity index (χ2n) is 6.91. The van der Waals surface area contributed by atoms with Gasteiger partial charge in [0.1, 0.15) is 0 Å². The van der Waals surface area contributed by atoms with Gasteiger partial charge < -0.3 is 10.2 Å². The first-order valence-electron chi connectivity index (χ1n) is 9.53. The SMILES string of the molecule is C/C(=N\NC(=O)c1cccc(C(=O)O)c1)c1c(O)n(-c2ccccc2)c2ccccc12. The first-order chi connectivity index (χ1) is 15.0. The highest BCUT2D eigenvalue weighted by Gasteiger charge is 2.20. The van der Waals surface area contributed by atoms with Crippen molar-refractivity contribution in [1.82, 2.24) is 9.99 Å². The number of benzene rings is 3. The Labute approximate surface area is 177 Å². The number of carbonyl (C=O) groups is 2. The van der Waals surface area contributed by atoms with Crippen LogP contribution in [0.15, 0.2) is 84.0 Å². The molecule has 1 aromatic heterocycles. The molecule has 0 fully saturated rings. The second-order valence-corrected chi connectivity index (χ2v) is 6.91. The van der Waals surface area contributed by atoms with Gasteiger partial charge >= 0.3 is 5.97 Å². The Morgan fingerprint density at radius 1 is 0.903 bits per heavy atom. The van der Waals surface area contributed by atoms with Crippen molar-refractivity contribution in [2.45, 2.75) is 6.92 Å². The van der Waals surface area contributed by atoms with Gasteiger partial charge in [-0.15, -0.1) is 0 Å². The van der Waals surface area contributed by atoms with Crippen molar-refractivity contribution >= 4 is 28.5 Å². The molecule has 31 heavy (non-hydrogen) atoms. The summed E-state index contributed by atoms with van der Waals surface area (Å²) in [6.07, 6.45) is 0. The molecule has 4 rings (SSSR count). The summed E-state index contributed by atoms with van der Waals surface area (Å²) in [7, 11) is 0. The van der Waals surface area contributed by atoms with Crippen LogP contribution in [-0.2, 0) is 0 Å². The van der Waals surface area contributed by atoms with E-state index in [1.54, 1.807) is 11.5 Å². The van der Waals surface area contributed by atoms with E-state index in [1.807, 2.05) is 54.6 Å². The summed E-state index contributed by atoms with van der Waals surface area (Å²) in [6.45, 7) is 1.69. The maximum atomic E-state index is 12.5. The highest BCUT2D eigenvalue weighted by atomic mass is 16.4. The van der Waals surface area contributed by atoms with Gasteiger partial charge in [-0.05, 0) is 43.3 Å². The molecule has 0 radical (unpaired) electrons. The van der Waals surface area contributed by atoms with Crippen LogP contribution in [0.25, 0.3) is 16.6 Å². The largest absolute Gasteiger partial charge is 0.494 e. The number of nitrogens with zero attached hydrogens (tertiary/aromatic N) is 2. The molecule has 0 saturated carbocycles. The number of aromatic nitrogens is 1. The molecule has 3 N–H and O–H groups in total. The van der Waals surface area contributed by atoms with Gasteiger partial charge in [-0.3, -0.25) is 9.36 Å². The fraction of sp³-hybridized carbons (Fsp3) is 0.0417. The zero-order valence-corrected chi connectivity index (χ0v) is 16.6. The molecule has 7 heteroatoms. The number of rotatable bonds is 5. The van der Waals surface area contributed by atoms with E-state index in [2.05, 4.69) is 10.5 Å². The molecule has 0 saturated heterocycles. The average Bonchev–Trinajstić information content (AvgIpc) is 3.09. The molecular weight excluding hydrogens is 394 g/mol. The Morgan fingerprint density at radius 3 is 2.32 bits per heavy atom. The number of carboxylic acids is 1. The Hall–Kier alpha value is -4.39. The van der Waals surface area contributed by atoms with E-state index >= 15 is 0 Å². The Balaban J connectivity index is 1.71. The summed E-state index contributed by atoms with van der Waals surface area (Å²) in [5.74, 6) is -1.66. The molecule has 1 amide bonds. The number of carbonyl (C=O) groups excluding carboxylic acids is 1. The molecule has 0 aliphatic heterocycles. The smallest absolute Gasteiger partial charge is 0.335 e. The highest BCUT2D eigenvalue weighted by molar-refractivity contribution is 6.13. The van der Waals surface area contributed by atoms with Gasteiger partial charge in [-0.25, -0.2) is 10.2 Å². The molecule has 3 aromatic carbocycles. The fourth-order valence-electron chi connectivity index (χ4n) is 3.47. The van der Waals surface area contributed by atoms with Gasteiger partial charge in [0.2, 0.25) is 5.88 Å². The van der Waals surface area contributed by atoms with Gasteiger partial charge in [0, 0.05) is 16.6 Å². The third kappa shape index (κ3) is 3.76. The van der Waals surface area contributed by atoms with E-state index < -0.39 is 11.9 Å². The van der Waals surface area contributed by atoms with Crippen molar-refractivity contribution < 1.29 is 19.8 Å². The Morgan fingerprint density at radius 2 is 1.58 bits per heavy atom. The number of para-hydroxylation sites is 2. The molecule has 7 nitrogen and oxygen atoms in total. The predicted octanol–water partition coefficient (Wildman–Crippen LogP) is 4.19. The van der Waals surface area contributed by atoms with Crippen LogP contribution in [0.2, 0.25) is 0 Å². The van der Waals surface area contributed by atoms with Gasteiger partial charge in [0.15, 0.2) is 0 Å². The van der Waals surface area contributed by atoms with Crippen LogP contribution in [-0.4, -0.2) is 32.4 Å². The van der Waals surface area contributed by atoms with E-state index in [4.69, 9.17) is 5.11 Å². The third-order valence-electron chi connectivity index (χ3n) is 4.92. The van der Waals surface area contributed by atoms with Crippen LogP contribution in [0.3, 0.4) is 0 Å². The summed E-state index contributed by atoms with van der Waals surface area (Å²) < 4.78 is 1.72. The summed E-state index contributed by atoms with van der Waals surface area (Å²) >= 11 is 0. The molecule has 0 aliphatic rings. The van der Waals surface area contributed by atoms with Crippen molar-refractivity contribution in [3.05, 3.63) is 95.6 Å². The summed E-state index contributed by atoms with van der Waals surface area (Å²) in [6, 6.07) is 22.7. The Bertz CT molecular complexity index is 1320. The van der Waals surface area contributed by atoms with Gasteiger partial charge in [-0.1, -0.05) is 42.5 Å². The minimum Gasteiger partial charge on any atom is -0.494 e. The van der Waals surface area contributed by atoms with E-state index in [9.17, 15) is 14.7 Å². The van der Waals surface area contributed by atoms with Gasteiger partial charge in [0.05, 0.1) is 22.4 Å². The fourth-order valence-corrected chi connectivity index (χ4v) is 3.47. The molecule has 0 bridgehead atoms. The van der Waals surface area contributed by atoms with E-state index in [0.29, 0.717) is 11.3 Å². The lowest BCUT2D eigenvalue weighted by molar-refractivity contribution is 0.0697. The predicted molar refractivity (Wildman–Crippen MR) is 118 cm³/mol. The maximum absolute atomic E-state index is 12.5. The summed E-state index contributed by atoms with van der Waals surface area (Å²) in [5, 5.41) is 25.1. The molecule has 0 unspecified atom stereocenters. The zero-order valence-electron chi connectivity index (χ0n) is 16.6.